The Morgan fingerprint density at radius 3 is 2.45 bits per heavy atom. The molecule has 1 amide bonds. The SMILES string of the molecule is CC1CCC2(CCC1CC(=O)OC(C)(C)C)CC(C(=O)Nc1nnc(S(N)(=O)=O)s1)C2. The highest BCUT2D eigenvalue weighted by Crippen LogP contribution is 2.56. The number of carbonyl (C=O) groups is 2. The van der Waals surface area contributed by atoms with Crippen LogP contribution in [0.15, 0.2) is 4.34 Å². The molecule has 2 unspecified atom stereocenters. The molecule has 31 heavy (non-hydrogen) atoms. The smallest absolute Gasteiger partial charge is 0.306 e. The highest BCUT2D eigenvalue weighted by atomic mass is 32.2. The number of nitrogens with zero attached hydrogens (tertiary/aromatic N) is 2. The lowest BCUT2D eigenvalue weighted by Gasteiger charge is -2.47. The highest BCUT2D eigenvalue weighted by molar-refractivity contribution is 7.91. The van der Waals surface area contributed by atoms with Crippen molar-refractivity contribution < 1.29 is 22.7 Å². The van der Waals surface area contributed by atoms with E-state index in [9.17, 15) is 18.0 Å². The van der Waals surface area contributed by atoms with E-state index in [1.54, 1.807) is 0 Å². The van der Waals surface area contributed by atoms with E-state index >= 15 is 0 Å². The first kappa shape index (κ1) is 24.1. The third kappa shape index (κ3) is 6.23. The first-order valence-electron chi connectivity index (χ1n) is 10.7. The average molecular weight is 473 g/mol. The maximum atomic E-state index is 12.6. The molecule has 0 aliphatic heterocycles. The van der Waals surface area contributed by atoms with E-state index in [0.717, 1.165) is 49.9 Å². The average Bonchev–Trinajstić information content (AvgIpc) is 2.99. The Bertz CT molecular complexity index is 932. The van der Waals surface area contributed by atoms with Gasteiger partial charge in [0.2, 0.25) is 15.4 Å². The molecule has 2 aliphatic rings. The van der Waals surface area contributed by atoms with Crippen LogP contribution in [0.5, 0.6) is 0 Å². The fourth-order valence-electron chi connectivity index (χ4n) is 4.73. The van der Waals surface area contributed by atoms with Crippen molar-refractivity contribution in [2.75, 3.05) is 5.32 Å². The van der Waals surface area contributed by atoms with E-state index in [1.165, 1.54) is 0 Å². The van der Waals surface area contributed by atoms with E-state index in [1.807, 2.05) is 20.8 Å². The van der Waals surface area contributed by atoms with Crippen LogP contribution in [0.25, 0.3) is 0 Å². The Labute approximate surface area is 187 Å². The minimum absolute atomic E-state index is 0.125. The summed E-state index contributed by atoms with van der Waals surface area (Å²) < 4.78 is 27.8. The zero-order chi connectivity index (χ0) is 23.0. The molecule has 0 bridgehead atoms. The van der Waals surface area contributed by atoms with Gasteiger partial charge in [0.25, 0.3) is 10.0 Å². The third-order valence-electron chi connectivity index (χ3n) is 6.44. The van der Waals surface area contributed by atoms with Crippen molar-refractivity contribution >= 4 is 38.4 Å². The van der Waals surface area contributed by atoms with Crippen LogP contribution in [0, 0.1) is 23.2 Å². The quantitative estimate of drug-likeness (QED) is 0.495. The standard InChI is InChI=1S/C20H32N4O5S2/c1-12-5-7-20(8-6-13(12)9-15(25)29-19(2,3)4)10-14(11-20)16(26)22-17-23-24-18(30-17)31(21,27)28/h12-14H,5-11H2,1-4H3,(H2,21,27,28)(H,22,23,26). The lowest BCUT2D eigenvalue weighted by Crippen LogP contribution is -2.43. The fraction of sp³-hybridized carbons (Fsp3) is 0.800. The number of esters is 1. The number of anilines is 1. The summed E-state index contributed by atoms with van der Waals surface area (Å²) in [6.07, 6.45) is 6.10. The molecule has 2 atom stereocenters. The van der Waals surface area contributed by atoms with E-state index in [4.69, 9.17) is 9.88 Å². The summed E-state index contributed by atoms with van der Waals surface area (Å²) in [5.41, 5.74) is -0.325. The second-order valence-corrected chi connectivity index (χ2v) is 12.8. The molecule has 1 heterocycles. The van der Waals surface area contributed by atoms with Crippen molar-refractivity contribution in [1.29, 1.82) is 0 Å². The van der Waals surface area contributed by atoms with Crippen molar-refractivity contribution in [3.63, 3.8) is 0 Å². The van der Waals surface area contributed by atoms with Crippen LogP contribution in [-0.4, -0.2) is 36.1 Å². The second kappa shape index (κ2) is 8.74. The number of hydrogen-bond donors (Lipinski definition) is 2. The van der Waals surface area contributed by atoms with Gasteiger partial charge in [0.1, 0.15) is 5.60 Å². The lowest BCUT2D eigenvalue weighted by atomic mass is 9.58. The normalized spacial score (nSPS) is 29.1. The molecule has 3 rings (SSSR count). The second-order valence-electron chi connectivity index (χ2n) is 10.1. The Balaban J connectivity index is 1.51. The van der Waals surface area contributed by atoms with Crippen LogP contribution in [0.2, 0.25) is 0 Å². The van der Waals surface area contributed by atoms with Crippen LogP contribution in [0.4, 0.5) is 5.13 Å². The maximum Gasteiger partial charge on any atom is 0.306 e. The Kier molecular flexibility index (Phi) is 6.79. The number of amides is 1. The van der Waals surface area contributed by atoms with Crippen molar-refractivity contribution in [3.8, 4) is 0 Å². The van der Waals surface area contributed by atoms with Gasteiger partial charge in [-0.1, -0.05) is 18.3 Å². The minimum Gasteiger partial charge on any atom is -0.460 e. The summed E-state index contributed by atoms with van der Waals surface area (Å²) >= 11 is 0.750. The number of nitrogens with one attached hydrogen (secondary N) is 1. The zero-order valence-electron chi connectivity index (χ0n) is 18.5. The van der Waals surface area contributed by atoms with Gasteiger partial charge in [-0.05, 0) is 76.5 Å². The van der Waals surface area contributed by atoms with Crippen molar-refractivity contribution in [3.05, 3.63) is 0 Å². The van der Waals surface area contributed by atoms with Gasteiger partial charge < -0.3 is 10.1 Å². The zero-order valence-corrected chi connectivity index (χ0v) is 20.1. The van der Waals surface area contributed by atoms with E-state index < -0.39 is 15.6 Å². The van der Waals surface area contributed by atoms with Crippen LogP contribution in [0.1, 0.15) is 72.6 Å². The summed E-state index contributed by atoms with van der Waals surface area (Å²) in [5.74, 6) is 0.324. The van der Waals surface area contributed by atoms with Gasteiger partial charge in [-0.2, -0.15) is 0 Å². The number of nitrogens with two attached hydrogens (primary N) is 1. The Morgan fingerprint density at radius 1 is 1.23 bits per heavy atom. The van der Waals surface area contributed by atoms with Crippen molar-refractivity contribution in [2.45, 2.75) is 82.6 Å². The summed E-state index contributed by atoms with van der Waals surface area (Å²) in [4.78, 5) is 24.8. The summed E-state index contributed by atoms with van der Waals surface area (Å²) in [6.45, 7) is 7.85. The first-order chi connectivity index (χ1) is 14.3. The molecule has 2 aliphatic carbocycles. The number of hydrogen-bond acceptors (Lipinski definition) is 8. The number of ether oxygens (including phenoxy) is 1. The molecule has 174 valence electrons. The summed E-state index contributed by atoms with van der Waals surface area (Å²) in [7, 11) is -3.92. The molecule has 0 radical (unpaired) electrons. The summed E-state index contributed by atoms with van der Waals surface area (Å²) in [6, 6.07) is 0. The highest BCUT2D eigenvalue weighted by Gasteiger charge is 2.48. The largest absolute Gasteiger partial charge is 0.460 e. The van der Waals surface area contributed by atoms with Crippen molar-refractivity contribution in [2.24, 2.45) is 28.3 Å². The molecule has 1 aromatic heterocycles. The van der Waals surface area contributed by atoms with E-state index in [0.29, 0.717) is 18.3 Å². The van der Waals surface area contributed by atoms with Crippen LogP contribution < -0.4 is 10.5 Å². The number of aromatic nitrogens is 2. The lowest BCUT2D eigenvalue weighted by molar-refractivity contribution is -0.156. The van der Waals surface area contributed by atoms with Gasteiger partial charge in [0, 0.05) is 12.3 Å². The van der Waals surface area contributed by atoms with Gasteiger partial charge in [-0.3, -0.25) is 9.59 Å². The topological polar surface area (TPSA) is 141 Å². The van der Waals surface area contributed by atoms with Gasteiger partial charge in [-0.25, -0.2) is 13.6 Å². The Hall–Kier alpha value is -1.59. The molecule has 11 heteroatoms. The van der Waals surface area contributed by atoms with Gasteiger partial charge in [0.05, 0.1) is 0 Å². The molecule has 2 fully saturated rings. The predicted molar refractivity (Wildman–Crippen MR) is 117 cm³/mol. The van der Waals surface area contributed by atoms with Crippen LogP contribution >= 0.6 is 11.3 Å². The molecule has 1 spiro atoms. The first-order valence-corrected chi connectivity index (χ1v) is 13.0. The van der Waals surface area contributed by atoms with Gasteiger partial charge >= 0.3 is 5.97 Å². The van der Waals surface area contributed by atoms with Gasteiger partial charge in [0.15, 0.2) is 0 Å². The minimum atomic E-state index is -3.92. The molecule has 0 saturated heterocycles. The molecule has 0 aromatic carbocycles. The molecular weight excluding hydrogens is 440 g/mol. The third-order valence-corrected chi connectivity index (χ3v) is 8.59. The van der Waals surface area contributed by atoms with Gasteiger partial charge in [-0.15, -0.1) is 10.2 Å². The number of carbonyl (C=O) groups excluding carboxylic acids is 2. The molecular formula is C20H32N4O5S2. The molecule has 3 N–H and O–H groups in total. The van der Waals surface area contributed by atoms with Crippen LogP contribution in [0.3, 0.4) is 0 Å². The Morgan fingerprint density at radius 2 is 1.87 bits per heavy atom. The number of rotatable bonds is 5. The maximum absolute atomic E-state index is 12.6. The van der Waals surface area contributed by atoms with Crippen LogP contribution in [-0.2, 0) is 24.3 Å². The molecule has 1 aromatic rings. The molecule has 9 nitrogen and oxygen atoms in total. The monoisotopic (exact) mass is 472 g/mol. The predicted octanol–water partition coefficient (Wildman–Crippen LogP) is 3.08. The van der Waals surface area contributed by atoms with E-state index in [-0.39, 0.29) is 32.7 Å². The number of sulfonamides is 1. The van der Waals surface area contributed by atoms with Crippen molar-refractivity contribution in [1.82, 2.24) is 10.2 Å². The molecule has 2 saturated carbocycles. The summed E-state index contributed by atoms with van der Waals surface area (Å²) in [5, 5.41) is 15.0. The number of primary sulfonamides is 1. The fourth-order valence-corrected chi connectivity index (χ4v) is 6.07. The van der Waals surface area contributed by atoms with E-state index in [2.05, 4.69) is 22.4 Å².